The molecule has 0 bridgehead atoms. The second-order valence-electron chi connectivity index (χ2n) is 6.94. The van der Waals surface area contributed by atoms with Crippen LogP contribution in [0, 0.1) is 5.92 Å². The fourth-order valence-corrected chi connectivity index (χ4v) is 3.14. The van der Waals surface area contributed by atoms with Crippen LogP contribution in [-0.2, 0) is 10.2 Å². The Kier molecular flexibility index (Phi) is 4.77. The fraction of sp³-hybridized carbons (Fsp3) is 0.611. The van der Waals surface area contributed by atoms with Gasteiger partial charge in [0.15, 0.2) is 0 Å². The second-order valence-corrected chi connectivity index (χ2v) is 6.94. The van der Waals surface area contributed by atoms with Crippen LogP contribution in [0.4, 0.5) is 0 Å². The summed E-state index contributed by atoms with van der Waals surface area (Å²) in [5.41, 5.74) is 2.64. The third-order valence-corrected chi connectivity index (χ3v) is 4.41. The predicted molar refractivity (Wildman–Crippen MR) is 82.6 cm³/mol. The molecule has 0 spiro atoms. The zero-order chi connectivity index (χ0) is 14.6. The standard InChI is InChI=1S/C18H25NO/c1-18(2,3)16-11-9-15(10-12-16)17(19-13-20)14-7-5-4-6-8-14/h9-12,14,17H,4-8H2,1-3H3. The van der Waals surface area contributed by atoms with Crippen LogP contribution in [0.1, 0.15) is 70.0 Å². The van der Waals surface area contributed by atoms with Crippen LogP contribution in [0.3, 0.4) is 0 Å². The highest BCUT2D eigenvalue weighted by molar-refractivity contribution is 5.37. The molecule has 20 heavy (non-hydrogen) atoms. The highest BCUT2D eigenvalue weighted by atomic mass is 16.1. The Hall–Kier alpha value is -1.40. The van der Waals surface area contributed by atoms with Gasteiger partial charge < -0.3 is 0 Å². The SMILES string of the molecule is CC(C)(C)c1ccc(C(N=C=O)C2CCCCC2)cc1. The molecular formula is C18H25NO. The summed E-state index contributed by atoms with van der Waals surface area (Å²) in [4.78, 5) is 14.9. The van der Waals surface area contributed by atoms with Crippen LogP contribution in [0.15, 0.2) is 29.3 Å². The first-order chi connectivity index (χ1) is 9.52. The van der Waals surface area contributed by atoms with E-state index < -0.39 is 0 Å². The van der Waals surface area contributed by atoms with E-state index in [1.807, 2.05) is 0 Å². The fourth-order valence-electron chi connectivity index (χ4n) is 3.14. The van der Waals surface area contributed by atoms with Crippen molar-refractivity contribution in [1.82, 2.24) is 0 Å². The summed E-state index contributed by atoms with van der Waals surface area (Å²) in [6.45, 7) is 6.64. The Balaban J connectivity index is 2.23. The van der Waals surface area contributed by atoms with Crippen molar-refractivity contribution in [3.05, 3.63) is 35.4 Å². The maximum Gasteiger partial charge on any atom is 0.235 e. The zero-order valence-electron chi connectivity index (χ0n) is 12.9. The van der Waals surface area contributed by atoms with Gasteiger partial charge in [0.05, 0.1) is 6.04 Å². The lowest BCUT2D eigenvalue weighted by molar-refractivity contribution is 0.309. The predicted octanol–water partition coefficient (Wildman–Crippen LogP) is 4.94. The number of nitrogens with zero attached hydrogens (tertiary/aromatic N) is 1. The van der Waals surface area contributed by atoms with Gasteiger partial charge in [0.1, 0.15) is 0 Å². The Labute approximate surface area is 122 Å². The lowest BCUT2D eigenvalue weighted by Gasteiger charge is -2.27. The van der Waals surface area contributed by atoms with Gasteiger partial charge in [-0.05, 0) is 35.3 Å². The molecule has 1 fully saturated rings. The van der Waals surface area contributed by atoms with E-state index >= 15 is 0 Å². The summed E-state index contributed by atoms with van der Waals surface area (Å²) in [5.74, 6) is 0.505. The molecule has 2 heteroatoms. The van der Waals surface area contributed by atoms with Crippen molar-refractivity contribution < 1.29 is 4.79 Å². The van der Waals surface area contributed by atoms with Crippen LogP contribution >= 0.6 is 0 Å². The topological polar surface area (TPSA) is 29.4 Å². The minimum absolute atomic E-state index is 0.00168. The number of isocyanates is 1. The molecule has 1 aliphatic rings. The normalized spacial score (nSPS) is 18.4. The molecule has 0 aliphatic heterocycles. The zero-order valence-corrected chi connectivity index (χ0v) is 12.9. The summed E-state index contributed by atoms with van der Waals surface area (Å²) >= 11 is 0. The lowest BCUT2D eigenvalue weighted by Crippen LogP contribution is -2.16. The quantitative estimate of drug-likeness (QED) is 0.565. The van der Waals surface area contributed by atoms with Crippen molar-refractivity contribution in [3.63, 3.8) is 0 Å². The lowest BCUT2D eigenvalue weighted by atomic mass is 9.80. The van der Waals surface area contributed by atoms with Gasteiger partial charge in [0, 0.05) is 0 Å². The van der Waals surface area contributed by atoms with Crippen molar-refractivity contribution in [2.75, 3.05) is 0 Å². The van der Waals surface area contributed by atoms with Crippen molar-refractivity contribution in [2.45, 2.75) is 64.3 Å². The molecule has 0 amide bonds. The molecule has 2 rings (SSSR count). The average molecular weight is 271 g/mol. The number of carbonyl (C=O) groups excluding carboxylic acids is 1. The van der Waals surface area contributed by atoms with E-state index in [4.69, 9.17) is 0 Å². The van der Waals surface area contributed by atoms with E-state index in [-0.39, 0.29) is 11.5 Å². The molecular weight excluding hydrogens is 246 g/mol. The number of hydrogen-bond acceptors (Lipinski definition) is 2. The van der Waals surface area contributed by atoms with Gasteiger partial charge in [-0.15, -0.1) is 0 Å². The summed E-state index contributed by atoms with van der Waals surface area (Å²) < 4.78 is 0. The third-order valence-electron chi connectivity index (χ3n) is 4.41. The second kappa shape index (κ2) is 6.37. The Morgan fingerprint density at radius 2 is 1.70 bits per heavy atom. The van der Waals surface area contributed by atoms with Crippen LogP contribution in [0.25, 0.3) is 0 Å². The van der Waals surface area contributed by atoms with Gasteiger partial charge in [-0.1, -0.05) is 64.3 Å². The van der Waals surface area contributed by atoms with Gasteiger partial charge in [-0.2, -0.15) is 4.99 Å². The number of rotatable bonds is 3. The number of aliphatic imine (C=N–C) groups is 1. The van der Waals surface area contributed by atoms with E-state index in [0.717, 1.165) is 5.56 Å². The number of hydrogen-bond donors (Lipinski definition) is 0. The van der Waals surface area contributed by atoms with E-state index in [9.17, 15) is 4.79 Å². The van der Waals surface area contributed by atoms with Crippen LogP contribution < -0.4 is 0 Å². The van der Waals surface area contributed by atoms with Gasteiger partial charge in [0.2, 0.25) is 6.08 Å². The molecule has 0 heterocycles. The van der Waals surface area contributed by atoms with Crippen molar-refractivity contribution in [3.8, 4) is 0 Å². The van der Waals surface area contributed by atoms with Crippen LogP contribution in [-0.4, -0.2) is 6.08 Å². The Bertz CT molecular complexity index is 471. The smallest absolute Gasteiger partial charge is 0.211 e. The molecule has 0 N–H and O–H groups in total. The van der Waals surface area contributed by atoms with E-state index in [1.165, 1.54) is 37.7 Å². The highest BCUT2D eigenvalue weighted by Gasteiger charge is 2.25. The molecule has 0 saturated heterocycles. The first kappa shape index (κ1) is 15.0. The van der Waals surface area contributed by atoms with Crippen LogP contribution in [0.5, 0.6) is 0 Å². The van der Waals surface area contributed by atoms with E-state index in [0.29, 0.717) is 5.92 Å². The number of benzene rings is 1. The van der Waals surface area contributed by atoms with Gasteiger partial charge in [0.25, 0.3) is 0 Å². The summed E-state index contributed by atoms with van der Waals surface area (Å²) in [5, 5.41) is 0. The largest absolute Gasteiger partial charge is 0.235 e. The first-order valence-electron chi connectivity index (χ1n) is 7.70. The minimum Gasteiger partial charge on any atom is -0.211 e. The molecule has 0 radical (unpaired) electrons. The summed E-state index contributed by atoms with van der Waals surface area (Å²) in [6, 6.07) is 8.63. The first-order valence-corrected chi connectivity index (χ1v) is 7.70. The van der Waals surface area contributed by atoms with Crippen molar-refractivity contribution in [2.24, 2.45) is 10.9 Å². The maximum atomic E-state index is 10.8. The van der Waals surface area contributed by atoms with Gasteiger partial charge >= 0.3 is 0 Å². The molecule has 1 saturated carbocycles. The third kappa shape index (κ3) is 3.58. The average Bonchev–Trinajstić information content (AvgIpc) is 2.45. The van der Waals surface area contributed by atoms with Crippen LogP contribution in [0.2, 0.25) is 0 Å². The Morgan fingerprint density at radius 1 is 1.10 bits per heavy atom. The molecule has 1 aromatic carbocycles. The molecule has 108 valence electrons. The maximum absolute atomic E-state index is 10.8. The molecule has 2 nitrogen and oxygen atoms in total. The van der Waals surface area contributed by atoms with E-state index in [2.05, 4.69) is 50.0 Å². The highest BCUT2D eigenvalue weighted by Crippen LogP contribution is 2.37. The molecule has 1 aromatic rings. The molecule has 0 aromatic heterocycles. The monoisotopic (exact) mass is 271 g/mol. The van der Waals surface area contributed by atoms with Gasteiger partial charge in [-0.3, -0.25) is 0 Å². The van der Waals surface area contributed by atoms with Crippen molar-refractivity contribution >= 4 is 6.08 Å². The minimum atomic E-state index is 0.00168. The summed E-state index contributed by atoms with van der Waals surface area (Å²) in [6.07, 6.45) is 7.97. The van der Waals surface area contributed by atoms with E-state index in [1.54, 1.807) is 6.08 Å². The van der Waals surface area contributed by atoms with Gasteiger partial charge in [-0.25, -0.2) is 4.79 Å². The summed E-state index contributed by atoms with van der Waals surface area (Å²) in [7, 11) is 0. The molecule has 1 aliphatic carbocycles. The molecule has 1 atom stereocenters. The molecule has 1 unspecified atom stereocenters. The van der Waals surface area contributed by atoms with Crippen molar-refractivity contribution in [1.29, 1.82) is 0 Å². The Morgan fingerprint density at radius 3 is 2.20 bits per heavy atom.